The standard InChI is InChI=1S/C16H19FN2O2/c1-11-5-15(20-2)9-14(19-11)10-21-16-7-12(3-4-18)6-13(17)8-16/h5-9H,3-4,10,18H2,1-2H3. The number of nitrogens with two attached hydrogens (primary N) is 1. The van der Waals surface area contributed by atoms with E-state index in [2.05, 4.69) is 4.98 Å². The van der Waals surface area contributed by atoms with Crippen molar-refractivity contribution in [3.63, 3.8) is 0 Å². The molecule has 0 saturated heterocycles. The molecule has 2 aromatic rings. The molecule has 5 heteroatoms. The molecule has 0 saturated carbocycles. The Hall–Kier alpha value is -2.14. The van der Waals surface area contributed by atoms with Gasteiger partial charge in [0, 0.05) is 23.9 Å². The second kappa shape index (κ2) is 7.04. The molecule has 1 aromatic carbocycles. The topological polar surface area (TPSA) is 57.4 Å². The van der Waals surface area contributed by atoms with E-state index in [0.717, 1.165) is 22.7 Å². The SMILES string of the molecule is COc1cc(C)nc(COc2cc(F)cc(CCN)c2)c1. The molecule has 0 fully saturated rings. The van der Waals surface area contributed by atoms with Crippen LogP contribution in [0.15, 0.2) is 30.3 Å². The van der Waals surface area contributed by atoms with Crippen molar-refractivity contribution in [3.8, 4) is 11.5 Å². The molecule has 0 atom stereocenters. The monoisotopic (exact) mass is 290 g/mol. The van der Waals surface area contributed by atoms with Gasteiger partial charge >= 0.3 is 0 Å². The minimum absolute atomic E-state index is 0.254. The number of rotatable bonds is 6. The van der Waals surface area contributed by atoms with Gasteiger partial charge in [-0.25, -0.2) is 4.39 Å². The zero-order chi connectivity index (χ0) is 15.2. The molecule has 112 valence electrons. The van der Waals surface area contributed by atoms with Gasteiger partial charge < -0.3 is 15.2 Å². The first-order valence-corrected chi connectivity index (χ1v) is 6.74. The number of ether oxygens (including phenoxy) is 2. The maximum atomic E-state index is 13.5. The third-order valence-corrected chi connectivity index (χ3v) is 2.97. The molecule has 0 radical (unpaired) electrons. The summed E-state index contributed by atoms with van der Waals surface area (Å²) in [5.74, 6) is 0.871. The van der Waals surface area contributed by atoms with Crippen molar-refractivity contribution in [2.75, 3.05) is 13.7 Å². The van der Waals surface area contributed by atoms with E-state index >= 15 is 0 Å². The Morgan fingerprint density at radius 3 is 2.67 bits per heavy atom. The highest BCUT2D eigenvalue weighted by atomic mass is 19.1. The number of hydrogen-bond acceptors (Lipinski definition) is 4. The molecule has 0 bridgehead atoms. The van der Waals surface area contributed by atoms with Crippen LogP contribution in [0.4, 0.5) is 4.39 Å². The van der Waals surface area contributed by atoms with Crippen LogP contribution in [0.25, 0.3) is 0 Å². The van der Waals surface area contributed by atoms with Crippen molar-refractivity contribution < 1.29 is 13.9 Å². The summed E-state index contributed by atoms with van der Waals surface area (Å²) in [6.45, 7) is 2.61. The van der Waals surface area contributed by atoms with E-state index in [1.54, 1.807) is 19.2 Å². The molecule has 0 aliphatic carbocycles. The fourth-order valence-corrected chi connectivity index (χ4v) is 2.07. The number of hydrogen-bond donors (Lipinski definition) is 1. The van der Waals surface area contributed by atoms with E-state index in [9.17, 15) is 4.39 Å². The highest BCUT2D eigenvalue weighted by Crippen LogP contribution is 2.19. The lowest BCUT2D eigenvalue weighted by Gasteiger charge is -2.10. The fourth-order valence-electron chi connectivity index (χ4n) is 2.07. The van der Waals surface area contributed by atoms with Gasteiger partial charge in [0.05, 0.1) is 12.8 Å². The van der Waals surface area contributed by atoms with Crippen molar-refractivity contribution in [1.29, 1.82) is 0 Å². The van der Waals surface area contributed by atoms with Crippen LogP contribution >= 0.6 is 0 Å². The van der Waals surface area contributed by atoms with Gasteiger partial charge in [-0.3, -0.25) is 4.98 Å². The third-order valence-electron chi connectivity index (χ3n) is 2.97. The van der Waals surface area contributed by atoms with E-state index in [0.29, 0.717) is 18.7 Å². The van der Waals surface area contributed by atoms with Crippen LogP contribution < -0.4 is 15.2 Å². The largest absolute Gasteiger partial charge is 0.497 e. The Labute approximate surface area is 123 Å². The number of halogens is 1. The molecular formula is C16H19FN2O2. The van der Waals surface area contributed by atoms with Crippen LogP contribution in [0, 0.1) is 12.7 Å². The van der Waals surface area contributed by atoms with Crippen molar-refractivity contribution in [1.82, 2.24) is 4.98 Å². The molecule has 0 aliphatic heterocycles. The minimum atomic E-state index is -0.328. The van der Waals surface area contributed by atoms with Crippen molar-refractivity contribution in [3.05, 3.63) is 53.1 Å². The van der Waals surface area contributed by atoms with Gasteiger partial charge in [-0.05, 0) is 37.6 Å². The molecule has 0 amide bonds. The van der Waals surface area contributed by atoms with E-state index in [1.165, 1.54) is 12.1 Å². The third kappa shape index (κ3) is 4.43. The number of pyridine rings is 1. The average molecular weight is 290 g/mol. The quantitative estimate of drug-likeness (QED) is 0.888. The fraction of sp³-hybridized carbons (Fsp3) is 0.312. The lowest BCUT2D eigenvalue weighted by atomic mass is 10.1. The summed E-state index contributed by atoms with van der Waals surface area (Å²) >= 11 is 0. The van der Waals surface area contributed by atoms with Crippen molar-refractivity contribution in [2.45, 2.75) is 20.0 Å². The lowest BCUT2D eigenvalue weighted by molar-refractivity contribution is 0.298. The lowest BCUT2D eigenvalue weighted by Crippen LogP contribution is -2.04. The molecule has 0 unspecified atom stereocenters. The van der Waals surface area contributed by atoms with E-state index in [1.807, 2.05) is 13.0 Å². The molecule has 4 nitrogen and oxygen atoms in total. The number of methoxy groups -OCH3 is 1. The Morgan fingerprint density at radius 1 is 1.14 bits per heavy atom. The molecule has 2 rings (SSSR count). The summed E-state index contributed by atoms with van der Waals surface area (Å²) in [6.07, 6.45) is 0.616. The highest BCUT2D eigenvalue weighted by Gasteiger charge is 2.05. The maximum absolute atomic E-state index is 13.5. The summed E-state index contributed by atoms with van der Waals surface area (Å²) < 4.78 is 24.3. The molecule has 21 heavy (non-hydrogen) atoms. The number of nitrogens with zero attached hydrogens (tertiary/aromatic N) is 1. The van der Waals surface area contributed by atoms with Gasteiger partial charge in [0.2, 0.25) is 0 Å². The Kier molecular flexibility index (Phi) is 5.11. The molecule has 0 spiro atoms. The summed E-state index contributed by atoms with van der Waals surface area (Å²) in [7, 11) is 1.60. The van der Waals surface area contributed by atoms with Gasteiger partial charge in [0.1, 0.15) is 23.9 Å². The van der Waals surface area contributed by atoms with Crippen LogP contribution in [0.3, 0.4) is 0 Å². The minimum Gasteiger partial charge on any atom is -0.497 e. The van der Waals surface area contributed by atoms with Crippen LogP contribution in [0.1, 0.15) is 17.0 Å². The summed E-state index contributed by atoms with van der Waals surface area (Å²) in [6, 6.07) is 8.25. The van der Waals surface area contributed by atoms with Gasteiger partial charge in [0.15, 0.2) is 0 Å². The molecule has 0 aliphatic rings. The normalized spacial score (nSPS) is 10.5. The van der Waals surface area contributed by atoms with E-state index < -0.39 is 0 Å². The second-order valence-corrected chi connectivity index (χ2v) is 4.76. The molecular weight excluding hydrogens is 271 g/mol. The summed E-state index contributed by atoms with van der Waals surface area (Å²) in [5, 5.41) is 0. The number of aryl methyl sites for hydroxylation is 1. The average Bonchev–Trinajstić information content (AvgIpc) is 2.44. The Morgan fingerprint density at radius 2 is 1.95 bits per heavy atom. The highest BCUT2D eigenvalue weighted by molar-refractivity contribution is 5.31. The zero-order valence-corrected chi connectivity index (χ0v) is 12.2. The first kappa shape index (κ1) is 15.3. The van der Waals surface area contributed by atoms with Crippen LogP contribution in [-0.4, -0.2) is 18.6 Å². The second-order valence-electron chi connectivity index (χ2n) is 4.76. The molecule has 1 aromatic heterocycles. The van der Waals surface area contributed by atoms with Gasteiger partial charge in [0.25, 0.3) is 0 Å². The van der Waals surface area contributed by atoms with Crippen LogP contribution in [0.5, 0.6) is 11.5 Å². The Bertz CT molecular complexity index is 617. The Balaban J connectivity index is 2.10. The van der Waals surface area contributed by atoms with Gasteiger partial charge in [-0.15, -0.1) is 0 Å². The predicted molar refractivity (Wildman–Crippen MR) is 79.0 cm³/mol. The first-order chi connectivity index (χ1) is 10.1. The van der Waals surface area contributed by atoms with Crippen molar-refractivity contribution >= 4 is 0 Å². The van der Waals surface area contributed by atoms with Crippen LogP contribution in [0.2, 0.25) is 0 Å². The van der Waals surface area contributed by atoms with E-state index in [-0.39, 0.29) is 12.4 Å². The number of benzene rings is 1. The van der Waals surface area contributed by atoms with Crippen LogP contribution in [-0.2, 0) is 13.0 Å². The number of aromatic nitrogens is 1. The predicted octanol–water partition coefficient (Wildman–Crippen LogP) is 2.62. The van der Waals surface area contributed by atoms with E-state index in [4.69, 9.17) is 15.2 Å². The summed E-state index contributed by atoms with van der Waals surface area (Å²) in [5.41, 5.74) is 7.89. The smallest absolute Gasteiger partial charge is 0.130 e. The summed E-state index contributed by atoms with van der Waals surface area (Å²) in [4.78, 5) is 4.36. The van der Waals surface area contributed by atoms with Gasteiger partial charge in [-0.1, -0.05) is 0 Å². The molecule has 2 N–H and O–H groups in total. The van der Waals surface area contributed by atoms with Crippen molar-refractivity contribution in [2.24, 2.45) is 5.73 Å². The van der Waals surface area contributed by atoms with Gasteiger partial charge in [-0.2, -0.15) is 0 Å². The maximum Gasteiger partial charge on any atom is 0.130 e. The zero-order valence-electron chi connectivity index (χ0n) is 12.2. The first-order valence-electron chi connectivity index (χ1n) is 6.74. The molecule has 1 heterocycles.